The van der Waals surface area contributed by atoms with Crippen molar-refractivity contribution in [2.75, 3.05) is 13.2 Å². The number of benzene rings is 1. The lowest BCUT2D eigenvalue weighted by atomic mass is 10.1. The fourth-order valence-electron chi connectivity index (χ4n) is 2.31. The molecule has 0 spiro atoms. The summed E-state index contributed by atoms with van der Waals surface area (Å²) in [5, 5.41) is 3.57. The number of ether oxygens (including phenoxy) is 1. The monoisotopic (exact) mass is 325 g/mol. The minimum absolute atomic E-state index is 0.785. The predicted molar refractivity (Wildman–Crippen MR) is 83.5 cm³/mol. The molecule has 0 heterocycles. The molecular weight excluding hydrogens is 302 g/mol. The van der Waals surface area contributed by atoms with E-state index in [1.807, 2.05) is 6.07 Å². The fourth-order valence-corrected chi connectivity index (χ4v) is 2.71. The van der Waals surface area contributed by atoms with Crippen molar-refractivity contribution >= 4 is 15.9 Å². The number of rotatable bonds is 8. The lowest BCUT2D eigenvalue weighted by Gasteiger charge is -2.14. The van der Waals surface area contributed by atoms with Crippen molar-refractivity contribution < 1.29 is 4.74 Å². The van der Waals surface area contributed by atoms with E-state index in [2.05, 4.69) is 47.2 Å². The van der Waals surface area contributed by atoms with E-state index in [9.17, 15) is 0 Å². The average Bonchev–Trinajstić information content (AvgIpc) is 3.22. The molecule has 0 radical (unpaired) electrons. The van der Waals surface area contributed by atoms with E-state index in [4.69, 9.17) is 4.74 Å². The Morgan fingerprint density at radius 3 is 2.89 bits per heavy atom. The second-order valence-electron chi connectivity index (χ2n) is 5.55. The Balaban J connectivity index is 1.87. The summed E-state index contributed by atoms with van der Waals surface area (Å²) < 4.78 is 6.91. The third-order valence-corrected chi connectivity index (χ3v) is 4.19. The summed E-state index contributed by atoms with van der Waals surface area (Å²) in [4.78, 5) is 0. The molecule has 0 bridgehead atoms. The van der Waals surface area contributed by atoms with Crippen LogP contribution in [0.4, 0.5) is 0 Å². The van der Waals surface area contributed by atoms with Crippen molar-refractivity contribution in [2.45, 2.75) is 39.7 Å². The Labute approximate surface area is 125 Å². The van der Waals surface area contributed by atoms with Gasteiger partial charge in [0.2, 0.25) is 0 Å². The summed E-state index contributed by atoms with van der Waals surface area (Å²) in [5.74, 6) is 2.77. The van der Waals surface area contributed by atoms with Crippen LogP contribution in [0.2, 0.25) is 0 Å². The molecule has 0 saturated heterocycles. The van der Waals surface area contributed by atoms with Crippen LogP contribution in [0.3, 0.4) is 0 Å². The van der Waals surface area contributed by atoms with Gasteiger partial charge in [-0.05, 0) is 55.8 Å². The van der Waals surface area contributed by atoms with Crippen LogP contribution in [0.15, 0.2) is 22.7 Å². The van der Waals surface area contributed by atoms with Gasteiger partial charge in [0, 0.05) is 16.6 Å². The van der Waals surface area contributed by atoms with Crippen LogP contribution in [-0.4, -0.2) is 13.2 Å². The lowest BCUT2D eigenvalue weighted by molar-refractivity contribution is 0.312. The van der Waals surface area contributed by atoms with Gasteiger partial charge in [-0.2, -0.15) is 0 Å². The SMILES string of the molecule is CCCOc1ccc(Br)cc1CNCC(C)C1CC1. The van der Waals surface area contributed by atoms with Gasteiger partial charge < -0.3 is 10.1 Å². The minimum atomic E-state index is 0.785. The Kier molecular flexibility index (Phi) is 5.71. The Morgan fingerprint density at radius 1 is 1.42 bits per heavy atom. The molecule has 1 aromatic carbocycles. The molecule has 1 N–H and O–H groups in total. The van der Waals surface area contributed by atoms with Crippen LogP contribution >= 0.6 is 15.9 Å². The highest BCUT2D eigenvalue weighted by Crippen LogP contribution is 2.36. The topological polar surface area (TPSA) is 21.3 Å². The Hall–Kier alpha value is -0.540. The van der Waals surface area contributed by atoms with Gasteiger partial charge in [-0.3, -0.25) is 0 Å². The van der Waals surface area contributed by atoms with E-state index in [0.717, 1.165) is 48.2 Å². The second kappa shape index (κ2) is 7.30. The van der Waals surface area contributed by atoms with E-state index in [0.29, 0.717) is 0 Å². The minimum Gasteiger partial charge on any atom is -0.493 e. The highest BCUT2D eigenvalue weighted by molar-refractivity contribution is 9.10. The molecule has 19 heavy (non-hydrogen) atoms. The van der Waals surface area contributed by atoms with Crippen molar-refractivity contribution in [3.05, 3.63) is 28.2 Å². The van der Waals surface area contributed by atoms with E-state index < -0.39 is 0 Å². The maximum atomic E-state index is 5.80. The van der Waals surface area contributed by atoms with E-state index >= 15 is 0 Å². The second-order valence-corrected chi connectivity index (χ2v) is 6.46. The number of hydrogen-bond donors (Lipinski definition) is 1. The van der Waals surface area contributed by atoms with Crippen LogP contribution in [0.1, 0.15) is 38.7 Å². The summed E-state index contributed by atoms with van der Waals surface area (Å²) >= 11 is 3.54. The summed E-state index contributed by atoms with van der Waals surface area (Å²) in [6.45, 7) is 7.25. The molecule has 2 rings (SSSR count). The standard InChI is InChI=1S/C16H24BrNO/c1-3-8-19-16-7-6-15(17)9-14(16)11-18-10-12(2)13-4-5-13/h6-7,9,12-13,18H,3-5,8,10-11H2,1-2H3. The zero-order valence-corrected chi connectivity index (χ0v) is 13.5. The number of nitrogens with one attached hydrogen (secondary N) is 1. The van der Waals surface area contributed by atoms with Gasteiger partial charge >= 0.3 is 0 Å². The fraction of sp³-hybridized carbons (Fsp3) is 0.625. The van der Waals surface area contributed by atoms with Gasteiger partial charge in [-0.25, -0.2) is 0 Å². The first-order valence-electron chi connectivity index (χ1n) is 7.32. The lowest BCUT2D eigenvalue weighted by Crippen LogP contribution is -2.22. The molecule has 1 saturated carbocycles. The van der Waals surface area contributed by atoms with E-state index in [1.165, 1.54) is 18.4 Å². The van der Waals surface area contributed by atoms with Gasteiger partial charge in [0.1, 0.15) is 5.75 Å². The molecular formula is C16H24BrNO. The van der Waals surface area contributed by atoms with Crippen molar-refractivity contribution in [3.8, 4) is 5.75 Å². The summed E-state index contributed by atoms with van der Waals surface area (Å²) in [7, 11) is 0. The maximum Gasteiger partial charge on any atom is 0.123 e. The first kappa shape index (κ1) is 14.9. The van der Waals surface area contributed by atoms with E-state index in [-0.39, 0.29) is 0 Å². The van der Waals surface area contributed by atoms with Crippen LogP contribution < -0.4 is 10.1 Å². The van der Waals surface area contributed by atoms with Crippen molar-refractivity contribution in [3.63, 3.8) is 0 Å². The van der Waals surface area contributed by atoms with Crippen molar-refractivity contribution in [1.29, 1.82) is 0 Å². The number of halogens is 1. The average molecular weight is 326 g/mol. The largest absolute Gasteiger partial charge is 0.493 e. The first-order chi connectivity index (χ1) is 9.20. The van der Waals surface area contributed by atoms with Crippen LogP contribution in [-0.2, 0) is 6.54 Å². The summed E-state index contributed by atoms with van der Waals surface area (Å²) in [5.41, 5.74) is 1.24. The highest BCUT2D eigenvalue weighted by atomic mass is 79.9. The Bertz CT molecular complexity index is 404. The normalized spacial score (nSPS) is 16.4. The molecule has 1 unspecified atom stereocenters. The van der Waals surface area contributed by atoms with Gasteiger partial charge in [-0.15, -0.1) is 0 Å². The molecule has 1 aliphatic carbocycles. The molecule has 106 valence electrons. The molecule has 1 aromatic rings. The summed E-state index contributed by atoms with van der Waals surface area (Å²) in [6, 6.07) is 6.25. The van der Waals surface area contributed by atoms with Gasteiger partial charge in [0.15, 0.2) is 0 Å². The molecule has 0 aromatic heterocycles. The summed E-state index contributed by atoms with van der Waals surface area (Å²) in [6.07, 6.45) is 3.89. The van der Waals surface area contributed by atoms with Crippen molar-refractivity contribution in [2.24, 2.45) is 11.8 Å². The van der Waals surface area contributed by atoms with Crippen LogP contribution in [0.25, 0.3) is 0 Å². The number of hydrogen-bond acceptors (Lipinski definition) is 2. The van der Waals surface area contributed by atoms with Crippen LogP contribution in [0.5, 0.6) is 5.75 Å². The third-order valence-electron chi connectivity index (χ3n) is 3.69. The van der Waals surface area contributed by atoms with Gasteiger partial charge in [0.05, 0.1) is 6.61 Å². The molecule has 2 nitrogen and oxygen atoms in total. The smallest absolute Gasteiger partial charge is 0.123 e. The van der Waals surface area contributed by atoms with Crippen molar-refractivity contribution in [1.82, 2.24) is 5.32 Å². The first-order valence-corrected chi connectivity index (χ1v) is 8.12. The van der Waals surface area contributed by atoms with E-state index in [1.54, 1.807) is 0 Å². The Morgan fingerprint density at radius 2 is 2.21 bits per heavy atom. The molecule has 1 aliphatic rings. The zero-order valence-electron chi connectivity index (χ0n) is 11.9. The highest BCUT2D eigenvalue weighted by Gasteiger charge is 2.27. The molecule has 3 heteroatoms. The molecule has 0 amide bonds. The zero-order chi connectivity index (χ0) is 13.7. The molecule has 1 atom stereocenters. The quantitative estimate of drug-likeness (QED) is 0.766. The van der Waals surface area contributed by atoms with Gasteiger partial charge in [0.25, 0.3) is 0 Å². The molecule has 1 fully saturated rings. The van der Waals surface area contributed by atoms with Gasteiger partial charge in [-0.1, -0.05) is 29.8 Å². The third kappa shape index (κ3) is 4.81. The maximum absolute atomic E-state index is 5.80. The van der Waals surface area contributed by atoms with Crippen LogP contribution in [0, 0.1) is 11.8 Å². The molecule has 0 aliphatic heterocycles. The predicted octanol–water partition coefficient (Wildman–Crippen LogP) is 4.37.